The van der Waals surface area contributed by atoms with E-state index in [1.807, 2.05) is 0 Å². The number of hydrogen-bond donors (Lipinski definition) is 2. The van der Waals surface area contributed by atoms with Gasteiger partial charge in [0.25, 0.3) is 0 Å². The third-order valence-corrected chi connectivity index (χ3v) is 3.89. The zero-order valence-corrected chi connectivity index (χ0v) is 11.1. The second-order valence-corrected chi connectivity index (χ2v) is 5.67. The van der Waals surface area contributed by atoms with Crippen LogP contribution in [0.1, 0.15) is 18.1 Å². The molecule has 1 aromatic rings. The van der Waals surface area contributed by atoms with Crippen molar-refractivity contribution >= 4 is 10.0 Å². The first kappa shape index (κ1) is 15.9. The molecule has 108 valence electrons. The van der Waals surface area contributed by atoms with E-state index >= 15 is 0 Å². The van der Waals surface area contributed by atoms with Crippen molar-refractivity contribution in [1.82, 2.24) is 4.72 Å². The highest BCUT2D eigenvalue weighted by atomic mass is 32.2. The molecule has 0 aliphatic rings. The van der Waals surface area contributed by atoms with Crippen LogP contribution < -0.4 is 10.5 Å². The molecule has 0 amide bonds. The molecule has 19 heavy (non-hydrogen) atoms. The lowest BCUT2D eigenvalue weighted by atomic mass is 10.1. The number of aryl methyl sites for hydroxylation is 1. The van der Waals surface area contributed by atoms with E-state index in [0.717, 1.165) is 6.07 Å². The average Bonchev–Trinajstić information content (AvgIpc) is 2.34. The van der Waals surface area contributed by atoms with Gasteiger partial charge in [-0.2, -0.15) is 13.2 Å². The van der Waals surface area contributed by atoms with Crippen LogP contribution in [0.25, 0.3) is 0 Å². The number of nitrogens with one attached hydrogen (secondary N) is 1. The molecule has 4 nitrogen and oxygen atoms in total. The lowest BCUT2D eigenvalue weighted by Crippen LogP contribution is -2.29. The maximum absolute atomic E-state index is 12.7. The van der Waals surface area contributed by atoms with E-state index in [1.54, 1.807) is 6.92 Å². The number of benzene rings is 1. The van der Waals surface area contributed by atoms with Crippen molar-refractivity contribution in [2.45, 2.75) is 24.4 Å². The highest BCUT2D eigenvalue weighted by Crippen LogP contribution is 2.31. The van der Waals surface area contributed by atoms with E-state index in [-0.39, 0.29) is 13.1 Å². The molecule has 0 aliphatic carbocycles. The van der Waals surface area contributed by atoms with Gasteiger partial charge in [-0.05, 0) is 30.2 Å². The number of alkyl halides is 3. The predicted molar refractivity (Wildman–Crippen MR) is 65.1 cm³/mol. The summed E-state index contributed by atoms with van der Waals surface area (Å²) in [6, 6.07) is 2.80. The Morgan fingerprint density at radius 1 is 1.26 bits per heavy atom. The molecular formula is C11H15F3N2O2S. The molecule has 0 heterocycles. The summed E-state index contributed by atoms with van der Waals surface area (Å²) in [6.07, 6.45) is -4.27. The van der Waals surface area contributed by atoms with Crippen LogP contribution in [0, 0.1) is 0 Å². The summed E-state index contributed by atoms with van der Waals surface area (Å²) in [5.41, 5.74) is 4.50. The van der Waals surface area contributed by atoms with E-state index in [4.69, 9.17) is 5.73 Å². The van der Waals surface area contributed by atoms with Gasteiger partial charge < -0.3 is 5.73 Å². The number of hydrogen-bond acceptors (Lipinski definition) is 3. The Morgan fingerprint density at radius 3 is 2.37 bits per heavy atom. The molecule has 0 radical (unpaired) electrons. The minimum Gasteiger partial charge on any atom is -0.329 e. The van der Waals surface area contributed by atoms with Gasteiger partial charge in [0.2, 0.25) is 10.0 Å². The summed E-state index contributed by atoms with van der Waals surface area (Å²) in [6.45, 7) is 1.69. The van der Waals surface area contributed by atoms with Gasteiger partial charge in [-0.1, -0.05) is 6.92 Å². The largest absolute Gasteiger partial charge is 0.416 e. The van der Waals surface area contributed by atoms with Crippen molar-refractivity contribution in [3.05, 3.63) is 29.3 Å². The Bertz CT molecular complexity index is 541. The summed E-state index contributed by atoms with van der Waals surface area (Å²) in [5.74, 6) is 0. The Hall–Kier alpha value is -1.12. The molecular weight excluding hydrogens is 281 g/mol. The zero-order valence-electron chi connectivity index (χ0n) is 10.3. The topological polar surface area (TPSA) is 72.2 Å². The van der Waals surface area contributed by atoms with Crippen LogP contribution in [-0.4, -0.2) is 21.5 Å². The van der Waals surface area contributed by atoms with E-state index in [2.05, 4.69) is 4.72 Å². The van der Waals surface area contributed by atoms with Crippen LogP contribution in [0.15, 0.2) is 23.1 Å². The fourth-order valence-corrected chi connectivity index (χ4v) is 2.60. The Balaban J connectivity index is 3.28. The molecule has 0 saturated carbocycles. The predicted octanol–water partition coefficient (Wildman–Crippen LogP) is 1.50. The fraction of sp³-hybridized carbons (Fsp3) is 0.455. The highest BCUT2D eigenvalue weighted by Gasteiger charge is 2.32. The zero-order chi connectivity index (χ0) is 14.7. The van der Waals surface area contributed by atoms with Crippen LogP contribution >= 0.6 is 0 Å². The third-order valence-electron chi connectivity index (χ3n) is 2.45. The van der Waals surface area contributed by atoms with Gasteiger partial charge in [0.1, 0.15) is 0 Å². The summed E-state index contributed by atoms with van der Waals surface area (Å²) < 4.78 is 63.8. The first-order valence-corrected chi connectivity index (χ1v) is 7.10. The number of sulfonamides is 1. The van der Waals surface area contributed by atoms with Crippen molar-refractivity contribution in [2.24, 2.45) is 5.73 Å². The van der Waals surface area contributed by atoms with Gasteiger partial charge in [0.05, 0.1) is 10.5 Å². The molecule has 1 rings (SSSR count). The summed E-state index contributed by atoms with van der Waals surface area (Å²) >= 11 is 0. The van der Waals surface area contributed by atoms with Crippen LogP contribution in [0.2, 0.25) is 0 Å². The molecule has 1 aromatic carbocycles. The van der Waals surface area contributed by atoms with E-state index in [0.29, 0.717) is 18.1 Å². The van der Waals surface area contributed by atoms with Crippen molar-refractivity contribution in [3.63, 3.8) is 0 Å². The quantitative estimate of drug-likeness (QED) is 0.865. The molecule has 0 aliphatic heterocycles. The van der Waals surface area contributed by atoms with E-state index in [9.17, 15) is 21.6 Å². The molecule has 0 fully saturated rings. The standard InChI is InChI=1S/C11H15F3N2O2S/c1-2-8-5-9(11(12,13)14)7-10(6-8)19(17,18)16-4-3-15/h5-7,16H,2-4,15H2,1H3. The summed E-state index contributed by atoms with van der Waals surface area (Å²) in [5, 5.41) is 0. The fourth-order valence-electron chi connectivity index (χ4n) is 1.46. The van der Waals surface area contributed by atoms with E-state index in [1.165, 1.54) is 6.07 Å². The van der Waals surface area contributed by atoms with Crippen LogP contribution in [0.5, 0.6) is 0 Å². The molecule has 8 heteroatoms. The molecule has 0 bridgehead atoms. The first-order valence-electron chi connectivity index (χ1n) is 5.61. The van der Waals surface area contributed by atoms with E-state index < -0.39 is 26.7 Å². The van der Waals surface area contributed by atoms with Crippen molar-refractivity contribution in [1.29, 1.82) is 0 Å². The maximum Gasteiger partial charge on any atom is 0.416 e. The van der Waals surface area contributed by atoms with Crippen LogP contribution in [0.3, 0.4) is 0 Å². The van der Waals surface area contributed by atoms with Gasteiger partial charge in [-0.3, -0.25) is 0 Å². The summed E-state index contributed by atoms with van der Waals surface area (Å²) in [7, 11) is -3.97. The lowest BCUT2D eigenvalue weighted by molar-refractivity contribution is -0.137. The SMILES string of the molecule is CCc1cc(C(F)(F)F)cc(S(=O)(=O)NCCN)c1. The Morgan fingerprint density at radius 2 is 1.89 bits per heavy atom. The van der Waals surface area contributed by atoms with Gasteiger partial charge in [-0.15, -0.1) is 0 Å². The normalized spacial score (nSPS) is 12.7. The van der Waals surface area contributed by atoms with Crippen molar-refractivity contribution < 1.29 is 21.6 Å². The molecule has 0 unspecified atom stereocenters. The minimum atomic E-state index is -4.58. The number of rotatable bonds is 5. The smallest absolute Gasteiger partial charge is 0.329 e. The van der Waals surface area contributed by atoms with Gasteiger partial charge in [0.15, 0.2) is 0 Å². The van der Waals surface area contributed by atoms with Crippen molar-refractivity contribution in [3.8, 4) is 0 Å². The second-order valence-electron chi connectivity index (χ2n) is 3.90. The average molecular weight is 296 g/mol. The Labute approximate surface area is 109 Å². The lowest BCUT2D eigenvalue weighted by Gasteiger charge is -2.12. The molecule has 0 spiro atoms. The molecule has 0 atom stereocenters. The Kier molecular flexibility index (Phi) is 4.94. The monoisotopic (exact) mass is 296 g/mol. The van der Waals surface area contributed by atoms with Crippen LogP contribution in [-0.2, 0) is 22.6 Å². The minimum absolute atomic E-state index is 0.0277. The second kappa shape index (κ2) is 5.89. The number of halogens is 3. The van der Waals surface area contributed by atoms with Gasteiger partial charge in [0, 0.05) is 13.1 Å². The maximum atomic E-state index is 12.7. The van der Waals surface area contributed by atoms with Crippen LogP contribution in [0.4, 0.5) is 13.2 Å². The van der Waals surface area contributed by atoms with Gasteiger partial charge >= 0.3 is 6.18 Å². The van der Waals surface area contributed by atoms with Gasteiger partial charge in [-0.25, -0.2) is 13.1 Å². The molecule has 3 N–H and O–H groups in total. The first-order chi connectivity index (χ1) is 8.70. The molecule has 0 saturated heterocycles. The summed E-state index contributed by atoms with van der Waals surface area (Å²) in [4.78, 5) is -0.396. The third kappa shape index (κ3) is 4.19. The number of nitrogens with two attached hydrogens (primary N) is 1. The van der Waals surface area contributed by atoms with Crippen molar-refractivity contribution in [2.75, 3.05) is 13.1 Å². The molecule has 0 aromatic heterocycles. The highest BCUT2D eigenvalue weighted by molar-refractivity contribution is 7.89.